The second-order valence-electron chi connectivity index (χ2n) is 7.70. The molecule has 0 radical (unpaired) electrons. The molecule has 0 saturated carbocycles. The van der Waals surface area contributed by atoms with Gasteiger partial charge in [0.2, 0.25) is 0 Å². The normalized spacial score (nSPS) is 12.2. The molecule has 3 aromatic carbocycles. The van der Waals surface area contributed by atoms with Crippen LogP contribution in [-0.4, -0.2) is 25.8 Å². The highest BCUT2D eigenvalue weighted by molar-refractivity contribution is 5.87. The molecular formula is C28H25NO5. The Balaban J connectivity index is 1.51. The molecule has 0 amide bonds. The van der Waals surface area contributed by atoms with Crippen LogP contribution >= 0.6 is 0 Å². The number of carbonyl (C=O) groups is 1. The molecule has 1 aliphatic rings. The Morgan fingerprint density at radius 1 is 1.00 bits per heavy atom. The van der Waals surface area contributed by atoms with Crippen LogP contribution in [0.4, 0.5) is 0 Å². The minimum Gasteiger partial charge on any atom is -0.488 e. The Morgan fingerprint density at radius 3 is 2.35 bits per heavy atom. The Hall–Kier alpha value is -4.24. The zero-order valence-corrected chi connectivity index (χ0v) is 19.0. The maximum Gasteiger partial charge on any atom is 0.330 e. The van der Waals surface area contributed by atoms with E-state index in [9.17, 15) is 4.79 Å². The summed E-state index contributed by atoms with van der Waals surface area (Å²) >= 11 is 0. The zero-order valence-electron chi connectivity index (χ0n) is 19.0. The second kappa shape index (κ2) is 11.1. The third-order valence-electron chi connectivity index (χ3n) is 5.28. The number of esters is 1. The standard InChI is InChI=1S/C28H25NO5/c1-2-31-28(30)12-11-20-3-5-21(6-4-20)15-24-16-26-27(33-14-13-32-26)17-25(24)34-19-23-9-7-22(18-29)8-10-23/h3-12,16-17H,2,13-15,19H2,1H3. The van der Waals surface area contributed by atoms with Gasteiger partial charge in [-0.2, -0.15) is 5.26 Å². The van der Waals surface area contributed by atoms with Gasteiger partial charge in [0.05, 0.1) is 18.2 Å². The molecule has 34 heavy (non-hydrogen) atoms. The van der Waals surface area contributed by atoms with Crippen molar-refractivity contribution in [3.63, 3.8) is 0 Å². The molecule has 0 aromatic heterocycles. The lowest BCUT2D eigenvalue weighted by molar-refractivity contribution is -0.137. The van der Waals surface area contributed by atoms with Crippen molar-refractivity contribution in [1.29, 1.82) is 5.26 Å². The number of carbonyl (C=O) groups excluding carboxylic acids is 1. The lowest BCUT2D eigenvalue weighted by atomic mass is 10.0. The van der Waals surface area contributed by atoms with Crippen LogP contribution in [0.3, 0.4) is 0 Å². The number of hydrogen-bond acceptors (Lipinski definition) is 6. The van der Waals surface area contributed by atoms with Gasteiger partial charge in [-0.15, -0.1) is 0 Å². The van der Waals surface area contributed by atoms with Crippen molar-refractivity contribution in [2.45, 2.75) is 20.0 Å². The van der Waals surface area contributed by atoms with Gasteiger partial charge in [0.15, 0.2) is 11.5 Å². The predicted octanol–water partition coefficient (Wildman–Crippen LogP) is 5.08. The van der Waals surface area contributed by atoms with Crippen LogP contribution in [0.15, 0.2) is 66.7 Å². The fourth-order valence-corrected chi connectivity index (χ4v) is 3.54. The van der Waals surface area contributed by atoms with Gasteiger partial charge in [0, 0.05) is 24.1 Å². The van der Waals surface area contributed by atoms with Crippen molar-refractivity contribution >= 4 is 12.0 Å². The van der Waals surface area contributed by atoms with Crippen molar-refractivity contribution < 1.29 is 23.7 Å². The van der Waals surface area contributed by atoms with Gasteiger partial charge in [-0.3, -0.25) is 0 Å². The molecule has 6 heteroatoms. The molecule has 0 N–H and O–H groups in total. The van der Waals surface area contributed by atoms with E-state index in [0.29, 0.717) is 49.9 Å². The highest BCUT2D eigenvalue weighted by Gasteiger charge is 2.17. The van der Waals surface area contributed by atoms with Crippen molar-refractivity contribution in [3.05, 3.63) is 94.6 Å². The number of hydrogen-bond donors (Lipinski definition) is 0. The molecule has 4 rings (SSSR count). The van der Waals surface area contributed by atoms with Gasteiger partial charge >= 0.3 is 5.97 Å². The van der Waals surface area contributed by atoms with Crippen LogP contribution in [-0.2, 0) is 22.6 Å². The second-order valence-corrected chi connectivity index (χ2v) is 7.70. The summed E-state index contributed by atoms with van der Waals surface area (Å²) in [5.41, 5.74) is 4.57. The fourth-order valence-electron chi connectivity index (χ4n) is 3.54. The monoisotopic (exact) mass is 455 g/mol. The van der Waals surface area contributed by atoms with Crippen molar-refractivity contribution in [3.8, 4) is 23.3 Å². The molecule has 3 aromatic rings. The van der Waals surface area contributed by atoms with Gasteiger partial charge in [-0.05, 0) is 47.9 Å². The first-order chi connectivity index (χ1) is 16.6. The number of benzene rings is 3. The van der Waals surface area contributed by atoms with E-state index in [0.717, 1.165) is 28.0 Å². The summed E-state index contributed by atoms with van der Waals surface area (Å²) in [5, 5.41) is 8.99. The van der Waals surface area contributed by atoms with E-state index in [-0.39, 0.29) is 5.97 Å². The quantitative estimate of drug-likeness (QED) is 0.348. The number of ether oxygens (including phenoxy) is 4. The van der Waals surface area contributed by atoms with Crippen LogP contribution in [0.1, 0.15) is 34.7 Å². The summed E-state index contributed by atoms with van der Waals surface area (Å²) in [6.07, 6.45) is 3.80. The molecule has 0 bridgehead atoms. The summed E-state index contributed by atoms with van der Waals surface area (Å²) in [5.74, 6) is 1.75. The van der Waals surface area contributed by atoms with Crippen LogP contribution in [0, 0.1) is 11.3 Å². The number of fused-ring (bicyclic) bond motifs is 1. The predicted molar refractivity (Wildman–Crippen MR) is 128 cm³/mol. The average molecular weight is 456 g/mol. The maximum atomic E-state index is 11.5. The Kier molecular flexibility index (Phi) is 7.46. The molecule has 0 atom stereocenters. The van der Waals surface area contributed by atoms with Crippen LogP contribution in [0.2, 0.25) is 0 Å². The minimum absolute atomic E-state index is 0.354. The van der Waals surface area contributed by atoms with Crippen molar-refractivity contribution in [2.24, 2.45) is 0 Å². The van der Waals surface area contributed by atoms with Crippen LogP contribution in [0.5, 0.6) is 17.2 Å². The molecule has 0 spiro atoms. The van der Waals surface area contributed by atoms with Crippen molar-refractivity contribution in [1.82, 2.24) is 0 Å². The highest BCUT2D eigenvalue weighted by atomic mass is 16.6. The third-order valence-corrected chi connectivity index (χ3v) is 5.28. The van der Waals surface area contributed by atoms with E-state index in [2.05, 4.69) is 6.07 Å². The largest absolute Gasteiger partial charge is 0.488 e. The molecule has 1 heterocycles. The van der Waals surface area contributed by atoms with E-state index >= 15 is 0 Å². The summed E-state index contributed by atoms with van der Waals surface area (Å²) in [4.78, 5) is 11.5. The topological polar surface area (TPSA) is 77.8 Å². The molecule has 0 fully saturated rings. The number of rotatable bonds is 8. The Morgan fingerprint density at radius 2 is 1.68 bits per heavy atom. The van der Waals surface area contributed by atoms with E-state index in [1.165, 1.54) is 6.08 Å². The first-order valence-corrected chi connectivity index (χ1v) is 11.1. The fraction of sp³-hybridized carbons (Fsp3) is 0.214. The molecular weight excluding hydrogens is 430 g/mol. The van der Waals surface area contributed by atoms with Gasteiger partial charge in [-0.25, -0.2) is 4.79 Å². The van der Waals surface area contributed by atoms with E-state index < -0.39 is 0 Å². The smallest absolute Gasteiger partial charge is 0.330 e. The lowest BCUT2D eigenvalue weighted by Gasteiger charge is -2.21. The van der Waals surface area contributed by atoms with Gasteiger partial charge in [0.25, 0.3) is 0 Å². The summed E-state index contributed by atoms with van der Waals surface area (Å²) in [7, 11) is 0. The van der Waals surface area contributed by atoms with E-state index in [1.807, 2.05) is 48.5 Å². The summed E-state index contributed by atoms with van der Waals surface area (Å²) in [6, 6.07) is 21.3. The first kappa shape index (κ1) is 22.9. The zero-order chi connectivity index (χ0) is 23.8. The highest BCUT2D eigenvalue weighted by Crippen LogP contribution is 2.38. The molecule has 6 nitrogen and oxygen atoms in total. The summed E-state index contributed by atoms with van der Waals surface area (Å²) in [6.45, 7) is 3.52. The SMILES string of the molecule is CCOC(=O)C=Cc1ccc(Cc2cc3c(cc2OCc2ccc(C#N)cc2)OCCO3)cc1. The van der Waals surface area contributed by atoms with Crippen LogP contribution in [0.25, 0.3) is 6.08 Å². The average Bonchev–Trinajstić information content (AvgIpc) is 2.87. The van der Waals surface area contributed by atoms with E-state index in [4.69, 9.17) is 24.2 Å². The van der Waals surface area contributed by atoms with Gasteiger partial charge < -0.3 is 18.9 Å². The lowest BCUT2D eigenvalue weighted by Crippen LogP contribution is -2.16. The first-order valence-electron chi connectivity index (χ1n) is 11.1. The molecule has 0 saturated heterocycles. The van der Waals surface area contributed by atoms with Crippen molar-refractivity contribution in [2.75, 3.05) is 19.8 Å². The molecule has 0 unspecified atom stereocenters. The number of nitriles is 1. The minimum atomic E-state index is -0.355. The third kappa shape index (κ3) is 5.96. The molecule has 172 valence electrons. The molecule has 1 aliphatic heterocycles. The number of nitrogens with zero attached hydrogens (tertiary/aromatic N) is 1. The Bertz CT molecular complexity index is 1210. The Labute approximate surface area is 199 Å². The van der Waals surface area contributed by atoms with E-state index in [1.54, 1.807) is 25.1 Å². The van der Waals surface area contributed by atoms with Gasteiger partial charge in [-0.1, -0.05) is 36.4 Å². The van der Waals surface area contributed by atoms with Crippen LogP contribution < -0.4 is 14.2 Å². The maximum absolute atomic E-state index is 11.5. The summed E-state index contributed by atoms with van der Waals surface area (Å²) < 4.78 is 22.6. The molecule has 0 aliphatic carbocycles. The van der Waals surface area contributed by atoms with Gasteiger partial charge in [0.1, 0.15) is 25.6 Å².